The molecule has 21 heavy (non-hydrogen) atoms. The summed E-state index contributed by atoms with van der Waals surface area (Å²) in [7, 11) is -3.51. The molecule has 1 unspecified atom stereocenters. The Kier molecular flexibility index (Phi) is 5.03. The van der Waals surface area contributed by atoms with Crippen LogP contribution < -0.4 is 4.72 Å². The highest BCUT2D eigenvalue weighted by atomic mass is 32.2. The van der Waals surface area contributed by atoms with Crippen LogP contribution in [0.4, 0.5) is 0 Å². The largest absolute Gasteiger partial charge is 0.396 e. The van der Waals surface area contributed by atoms with Crippen LogP contribution in [0.5, 0.6) is 0 Å². The number of sulfonamides is 1. The number of nitrogens with one attached hydrogen (secondary N) is 1. The van der Waals surface area contributed by atoms with Crippen molar-refractivity contribution in [2.45, 2.75) is 49.6 Å². The van der Waals surface area contributed by atoms with Crippen molar-refractivity contribution in [1.82, 2.24) is 4.72 Å². The highest BCUT2D eigenvalue weighted by molar-refractivity contribution is 7.89. The van der Waals surface area contributed by atoms with Crippen molar-refractivity contribution in [3.05, 3.63) is 29.8 Å². The normalized spacial score (nSPS) is 22.1. The summed E-state index contributed by atoms with van der Waals surface area (Å²) in [6.07, 6.45) is 1.88. The van der Waals surface area contributed by atoms with Gasteiger partial charge >= 0.3 is 0 Å². The summed E-state index contributed by atoms with van der Waals surface area (Å²) >= 11 is 0. The Balaban J connectivity index is 2.07. The molecule has 0 saturated carbocycles. The summed E-state index contributed by atoms with van der Waals surface area (Å²) in [6.45, 7) is 4.56. The van der Waals surface area contributed by atoms with Crippen LogP contribution in [-0.2, 0) is 21.2 Å². The minimum Gasteiger partial charge on any atom is -0.396 e. The predicted octanol–water partition coefficient (Wildman–Crippen LogP) is 1.46. The van der Waals surface area contributed by atoms with E-state index >= 15 is 0 Å². The van der Waals surface area contributed by atoms with E-state index < -0.39 is 10.0 Å². The van der Waals surface area contributed by atoms with E-state index in [4.69, 9.17) is 9.84 Å². The van der Waals surface area contributed by atoms with Crippen LogP contribution in [0.3, 0.4) is 0 Å². The predicted molar refractivity (Wildman–Crippen MR) is 80.6 cm³/mol. The van der Waals surface area contributed by atoms with Crippen molar-refractivity contribution in [2.24, 2.45) is 0 Å². The molecular weight excluding hydrogens is 290 g/mol. The van der Waals surface area contributed by atoms with E-state index in [-0.39, 0.29) is 23.1 Å². The number of ether oxygens (including phenoxy) is 1. The van der Waals surface area contributed by atoms with Gasteiger partial charge in [0.15, 0.2) is 0 Å². The van der Waals surface area contributed by atoms with Crippen molar-refractivity contribution in [3.8, 4) is 0 Å². The molecule has 0 amide bonds. The van der Waals surface area contributed by atoms with Crippen molar-refractivity contribution < 1.29 is 18.3 Å². The van der Waals surface area contributed by atoms with E-state index in [1.807, 2.05) is 13.8 Å². The van der Waals surface area contributed by atoms with Gasteiger partial charge in [-0.3, -0.25) is 0 Å². The molecule has 1 aromatic rings. The molecule has 6 heteroatoms. The molecule has 1 aliphatic rings. The fourth-order valence-corrected chi connectivity index (χ4v) is 3.85. The Labute approximate surface area is 126 Å². The Morgan fingerprint density at radius 1 is 1.33 bits per heavy atom. The molecule has 5 nitrogen and oxygen atoms in total. The average molecular weight is 313 g/mol. The van der Waals surface area contributed by atoms with Gasteiger partial charge in [-0.05, 0) is 50.8 Å². The second-order valence-corrected chi connectivity index (χ2v) is 7.75. The summed E-state index contributed by atoms with van der Waals surface area (Å²) in [5.41, 5.74) is 0.625. The van der Waals surface area contributed by atoms with Gasteiger partial charge < -0.3 is 9.84 Å². The molecule has 0 bridgehead atoms. The van der Waals surface area contributed by atoms with Gasteiger partial charge in [-0.15, -0.1) is 0 Å². The molecule has 2 N–H and O–H groups in total. The molecule has 1 aromatic carbocycles. The second kappa shape index (κ2) is 6.44. The lowest BCUT2D eigenvalue weighted by Gasteiger charge is -2.35. The second-order valence-electron chi connectivity index (χ2n) is 6.04. The van der Waals surface area contributed by atoms with E-state index in [0.29, 0.717) is 25.9 Å². The van der Waals surface area contributed by atoms with Crippen LogP contribution in [-0.4, -0.2) is 38.4 Å². The summed E-state index contributed by atoms with van der Waals surface area (Å²) in [4.78, 5) is 0.258. The molecule has 118 valence electrons. The number of rotatable bonds is 5. The van der Waals surface area contributed by atoms with Crippen molar-refractivity contribution >= 4 is 10.0 Å². The molecule has 1 fully saturated rings. The Morgan fingerprint density at radius 2 is 2.00 bits per heavy atom. The molecule has 1 aliphatic heterocycles. The summed E-state index contributed by atoms with van der Waals surface area (Å²) in [5, 5.41) is 8.87. The monoisotopic (exact) mass is 313 g/mol. The summed E-state index contributed by atoms with van der Waals surface area (Å²) in [5.74, 6) is 0. The zero-order valence-corrected chi connectivity index (χ0v) is 13.3. The van der Waals surface area contributed by atoms with Gasteiger partial charge in [-0.25, -0.2) is 13.1 Å². The van der Waals surface area contributed by atoms with Crippen LogP contribution in [0.15, 0.2) is 29.2 Å². The fraction of sp³-hybridized carbons (Fsp3) is 0.600. The quantitative estimate of drug-likeness (QED) is 0.863. The van der Waals surface area contributed by atoms with Gasteiger partial charge in [0.05, 0.1) is 10.5 Å². The minimum atomic E-state index is -3.51. The van der Waals surface area contributed by atoms with Gasteiger partial charge in [0.1, 0.15) is 0 Å². The van der Waals surface area contributed by atoms with Crippen LogP contribution in [0.2, 0.25) is 0 Å². The summed E-state index contributed by atoms with van der Waals surface area (Å²) in [6, 6.07) is 6.53. The maximum Gasteiger partial charge on any atom is 0.240 e. The van der Waals surface area contributed by atoms with Gasteiger partial charge in [-0.2, -0.15) is 0 Å². The minimum absolute atomic E-state index is 0.0570. The molecule has 0 aromatic heterocycles. The lowest BCUT2D eigenvalue weighted by Crippen LogP contribution is -2.45. The first-order valence-electron chi connectivity index (χ1n) is 7.18. The zero-order chi connectivity index (χ0) is 15.5. The number of hydrogen-bond acceptors (Lipinski definition) is 4. The molecular formula is C15H23NO4S. The first kappa shape index (κ1) is 16.4. The Hall–Kier alpha value is -0.950. The molecule has 0 spiro atoms. The van der Waals surface area contributed by atoms with E-state index in [1.54, 1.807) is 24.3 Å². The Bertz CT molecular complexity index is 566. The standard InChI is InChI=1S/C15H23NO4S/c1-15(2)11-13(8-10-20-15)16-21(18,19)14-5-3-12(4-6-14)7-9-17/h3-6,13,16-17H,7-11H2,1-2H3. The molecule has 0 aliphatic carbocycles. The molecule has 1 atom stereocenters. The van der Waals surface area contributed by atoms with Crippen LogP contribution >= 0.6 is 0 Å². The first-order valence-corrected chi connectivity index (χ1v) is 8.67. The van der Waals surface area contributed by atoms with E-state index in [1.165, 1.54) is 0 Å². The lowest BCUT2D eigenvalue weighted by molar-refractivity contribution is -0.0599. The molecule has 1 saturated heterocycles. The number of aliphatic hydroxyl groups excluding tert-OH is 1. The molecule has 0 radical (unpaired) electrons. The van der Waals surface area contributed by atoms with E-state index in [0.717, 1.165) is 5.56 Å². The van der Waals surface area contributed by atoms with Crippen LogP contribution in [0.25, 0.3) is 0 Å². The topological polar surface area (TPSA) is 75.6 Å². The van der Waals surface area contributed by atoms with Gasteiger partial charge in [-0.1, -0.05) is 12.1 Å². The van der Waals surface area contributed by atoms with E-state index in [9.17, 15) is 8.42 Å². The number of hydrogen-bond donors (Lipinski definition) is 2. The van der Waals surface area contributed by atoms with Crippen LogP contribution in [0, 0.1) is 0 Å². The van der Waals surface area contributed by atoms with Crippen molar-refractivity contribution in [2.75, 3.05) is 13.2 Å². The highest BCUT2D eigenvalue weighted by Crippen LogP contribution is 2.25. The van der Waals surface area contributed by atoms with Gasteiger partial charge in [0.2, 0.25) is 10.0 Å². The summed E-state index contributed by atoms with van der Waals surface area (Å²) < 4.78 is 33.1. The van der Waals surface area contributed by atoms with Crippen molar-refractivity contribution in [1.29, 1.82) is 0 Å². The molecule has 2 rings (SSSR count). The average Bonchev–Trinajstić information content (AvgIpc) is 2.38. The number of aliphatic hydroxyl groups is 1. The third-order valence-electron chi connectivity index (χ3n) is 3.65. The molecule has 1 heterocycles. The number of benzene rings is 1. The smallest absolute Gasteiger partial charge is 0.240 e. The van der Waals surface area contributed by atoms with Gasteiger partial charge in [0, 0.05) is 19.3 Å². The zero-order valence-electron chi connectivity index (χ0n) is 12.5. The highest BCUT2D eigenvalue weighted by Gasteiger charge is 2.31. The fourth-order valence-electron chi connectivity index (χ4n) is 2.58. The third kappa shape index (κ3) is 4.51. The van der Waals surface area contributed by atoms with E-state index in [2.05, 4.69) is 4.72 Å². The lowest BCUT2D eigenvalue weighted by atomic mass is 9.95. The maximum absolute atomic E-state index is 12.4. The third-order valence-corrected chi connectivity index (χ3v) is 5.19. The first-order chi connectivity index (χ1) is 9.82. The Morgan fingerprint density at radius 3 is 2.57 bits per heavy atom. The maximum atomic E-state index is 12.4. The van der Waals surface area contributed by atoms with Gasteiger partial charge in [0.25, 0.3) is 0 Å². The van der Waals surface area contributed by atoms with Crippen molar-refractivity contribution in [3.63, 3.8) is 0 Å². The van der Waals surface area contributed by atoms with Crippen LogP contribution in [0.1, 0.15) is 32.3 Å². The SMILES string of the molecule is CC1(C)CC(NS(=O)(=O)c2ccc(CCO)cc2)CCO1.